The average Bonchev–Trinajstić information content (AvgIpc) is 3.10. The second-order valence-corrected chi connectivity index (χ2v) is 5.54. The van der Waals surface area contributed by atoms with Gasteiger partial charge in [0.1, 0.15) is 18.1 Å². The second-order valence-electron chi connectivity index (χ2n) is 5.13. The van der Waals surface area contributed by atoms with Crippen molar-refractivity contribution in [1.29, 1.82) is 5.41 Å². The predicted octanol–water partition coefficient (Wildman–Crippen LogP) is 2.28. The number of benzene rings is 1. The molecule has 152 valence electrons. The van der Waals surface area contributed by atoms with E-state index in [1.54, 1.807) is 0 Å². The lowest BCUT2D eigenvalue weighted by atomic mass is 10.2. The summed E-state index contributed by atoms with van der Waals surface area (Å²) in [5, 5.41) is 27.7. The van der Waals surface area contributed by atoms with Gasteiger partial charge >= 0.3 is 12.1 Å². The molecule has 0 amide bonds. The molecule has 0 aliphatic carbocycles. The number of aromatic nitrogens is 2. The van der Waals surface area contributed by atoms with E-state index >= 15 is 0 Å². The predicted molar refractivity (Wildman–Crippen MR) is 85.5 cm³/mol. The molecule has 0 saturated heterocycles. The van der Waals surface area contributed by atoms with Crippen LogP contribution in [0.3, 0.4) is 0 Å². The molecule has 3 N–H and O–H groups in total. The van der Waals surface area contributed by atoms with Gasteiger partial charge in [-0.2, -0.15) is 13.2 Å². The van der Waals surface area contributed by atoms with Crippen molar-refractivity contribution in [2.75, 3.05) is 18.2 Å². The molecule has 0 aliphatic heterocycles. The molecule has 1 aromatic heterocycles. The Bertz CT molecular complexity index is 860. The van der Waals surface area contributed by atoms with E-state index in [-0.39, 0.29) is 35.2 Å². The number of hydrogen-bond acceptors (Lipinski definition) is 8. The first-order chi connectivity index (χ1) is 13.1. The lowest BCUT2D eigenvalue weighted by Gasteiger charge is -2.16. The van der Waals surface area contributed by atoms with Crippen LogP contribution in [-0.4, -0.2) is 46.7 Å². The van der Waals surface area contributed by atoms with E-state index in [4.69, 9.17) is 17.0 Å². The van der Waals surface area contributed by atoms with Crippen LogP contribution in [0.1, 0.15) is 11.4 Å². The lowest BCUT2D eigenvalue weighted by Crippen LogP contribution is -2.30. The molecule has 0 bridgehead atoms. The van der Waals surface area contributed by atoms with E-state index in [1.807, 2.05) is 0 Å². The number of hydrogen-bond donors (Lipinski definition) is 3. The monoisotopic (exact) mass is 425 g/mol. The molecule has 0 radical (unpaired) electrons. The number of halogens is 5. The molecule has 28 heavy (non-hydrogen) atoms. The SMILES string of the molecule is N=C(c1nonc1CNCCOC(=O)C(F)(F)F)N(O)c1ccc(F)c(Cl)c1. The van der Waals surface area contributed by atoms with E-state index in [9.17, 15) is 27.6 Å². The van der Waals surface area contributed by atoms with Crippen molar-refractivity contribution < 1.29 is 36.9 Å². The Hall–Kier alpha value is -2.77. The van der Waals surface area contributed by atoms with Crippen LogP contribution in [0.15, 0.2) is 22.8 Å². The summed E-state index contributed by atoms with van der Waals surface area (Å²) in [5.74, 6) is -3.61. The molecule has 14 heteroatoms. The fourth-order valence-electron chi connectivity index (χ4n) is 1.85. The van der Waals surface area contributed by atoms with Gasteiger partial charge in [0, 0.05) is 13.1 Å². The summed E-state index contributed by atoms with van der Waals surface area (Å²) in [4.78, 5) is 10.5. The quantitative estimate of drug-likeness (QED) is 0.154. The number of nitrogens with zero attached hydrogens (tertiary/aromatic N) is 3. The summed E-state index contributed by atoms with van der Waals surface area (Å²) in [6.07, 6.45) is -5.08. The summed E-state index contributed by atoms with van der Waals surface area (Å²) in [7, 11) is 0. The molecule has 1 aromatic carbocycles. The molecule has 0 atom stereocenters. The highest BCUT2D eigenvalue weighted by atomic mass is 35.5. The molecular formula is C14H12ClF4N5O4. The normalized spacial score (nSPS) is 11.4. The third-order valence-corrected chi connectivity index (χ3v) is 3.47. The van der Waals surface area contributed by atoms with Crippen LogP contribution in [0.5, 0.6) is 0 Å². The summed E-state index contributed by atoms with van der Waals surface area (Å²) in [6, 6.07) is 3.22. The number of carbonyl (C=O) groups excluding carboxylic acids is 1. The summed E-state index contributed by atoms with van der Waals surface area (Å²) in [5.41, 5.74) is -0.181. The van der Waals surface area contributed by atoms with Crippen molar-refractivity contribution in [2.45, 2.75) is 12.7 Å². The minimum atomic E-state index is -5.08. The van der Waals surface area contributed by atoms with Crippen LogP contribution in [0.25, 0.3) is 0 Å². The lowest BCUT2D eigenvalue weighted by molar-refractivity contribution is -0.199. The van der Waals surface area contributed by atoms with Crippen molar-refractivity contribution in [2.24, 2.45) is 0 Å². The number of rotatable bonds is 7. The number of carbonyl (C=O) groups is 1. The molecule has 1 heterocycles. The molecule has 0 unspecified atom stereocenters. The van der Waals surface area contributed by atoms with Crippen molar-refractivity contribution in [3.63, 3.8) is 0 Å². The smallest absolute Gasteiger partial charge is 0.458 e. The zero-order chi connectivity index (χ0) is 20.9. The van der Waals surface area contributed by atoms with Gasteiger partial charge in [-0.3, -0.25) is 10.6 Å². The second kappa shape index (κ2) is 8.95. The number of amidine groups is 1. The van der Waals surface area contributed by atoms with Gasteiger partial charge < -0.3 is 10.1 Å². The highest BCUT2D eigenvalue weighted by Crippen LogP contribution is 2.23. The Morgan fingerprint density at radius 2 is 2.11 bits per heavy atom. The zero-order valence-corrected chi connectivity index (χ0v) is 14.5. The highest BCUT2D eigenvalue weighted by molar-refractivity contribution is 6.31. The number of anilines is 1. The van der Waals surface area contributed by atoms with E-state index < -0.39 is 30.4 Å². The number of esters is 1. The van der Waals surface area contributed by atoms with Crippen molar-refractivity contribution in [3.05, 3.63) is 40.4 Å². The van der Waals surface area contributed by atoms with E-state index in [2.05, 4.69) is 25.0 Å². The number of hydroxylamine groups is 1. The number of alkyl halides is 3. The van der Waals surface area contributed by atoms with Crippen molar-refractivity contribution in [1.82, 2.24) is 15.6 Å². The van der Waals surface area contributed by atoms with Gasteiger partial charge in [0.2, 0.25) is 0 Å². The van der Waals surface area contributed by atoms with E-state index in [1.165, 1.54) is 0 Å². The van der Waals surface area contributed by atoms with Gasteiger partial charge in [-0.05, 0) is 23.4 Å². The first-order valence-corrected chi connectivity index (χ1v) is 7.78. The van der Waals surface area contributed by atoms with E-state index in [0.29, 0.717) is 5.06 Å². The molecule has 2 aromatic rings. The Balaban J connectivity index is 1.92. The minimum absolute atomic E-state index is 0.0302. The van der Waals surface area contributed by atoms with Gasteiger partial charge in [-0.25, -0.2) is 18.9 Å². The van der Waals surface area contributed by atoms with Gasteiger partial charge in [0.15, 0.2) is 11.5 Å². The standard InChI is InChI=1S/C14H12ClF4N5O4/c15-8-5-7(1-2-9(8)16)24(26)12(20)11-10(22-28-23-11)6-21-3-4-27-13(25)14(17,18)19/h1-2,5,20-21,26H,3-4,6H2. The maximum absolute atomic E-state index is 13.2. The van der Waals surface area contributed by atoms with Crippen LogP contribution >= 0.6 is 11.6 Å². The van der Waals surface area contributed by atoms with Crippen LogP contribution in [0.2, 0.25) is 5.02 Å². The molecule has 2 rings (SSSR count). The summed E-state index contributed by atoms with van der Waals surface area (Å²) >= 11 is 5.62. The molecular weight excluding hydrogens is 414 g/mol. The van der Waals surface area contributed by atoms with Gasteiger partial charge in [0.25, 0.3) is 0 Å². The third-order valence-electron chi connectivity index (χ3n) is 3.18. The minimum Gasteiger partial charge on any atom is -0.458 e. The van der Waals surface area contributed by atoms with Crippen LogP contribution < -0.4 is 10.4 Å². The Morgan fingerprint density at radius 3 is 2.75 bits per heavy atom. The zero-order valence-electron chi connectivity index (χ0n) is 13.8. The average molecular weight is 426 g/mol. The third kappa shape index (κ3) is 5.37. The maximum atomic E-state index is 13.2. The highest BCUT2D eigenvalue weighted by Gasteiger charge is 2.40. The summed E-state index contributed by atoms with van der Waals surface area (Å²) in [6.45, 7) is -0.836. The first kappa shape index (κ1) is 21.5. The van der Waals surface area contributed by atoms with Crippen molar-refractivity contribution >= 4 is 29.1 Å². The van der Waals surface area contributed by atoms with Gasteiger partial charge in [0.05, 0.1) is 10.7 Å². The number of ether oxygens (including phenoxy) is 1. The topological polar surface area (TPSA) is 125 Å². The molecule has 0 spiro atoms. The van der Waals surface area contributed by atoms with Crippen LogP contribution in [0.4, 0.5) is 23.2 Å². The fraction of sp³-hybridized carbons (Fsp3) is 0.286. The fourth-order valence-corrected chi connectivity index (χ4v) is 2.03. The van der Waals surface area contributed by atoms with Crippen molar-refractivity contribution in [3.8, 4) is 0 Å². The largest absolute Gasteiger partial charge is 0.490 e. The Labute approximate surface area is 159 Å². The Kier molecular flexibility index (Phi) is 6.88. The van der Waals surface area contributed by atoms with Crippen LogP contribution in [-0.2, 0) is 16.1 Å². The molecule has 0 saturated carbocycles. The van der Waals surface area contributed by atoms with Gasteiger partial charge in [-0.15, -0.1) is 0 Å². The van der Waals surface area contributed by atoms with Gasteiger partial charge in [-0.1, -0.05) is 16.8 Å². The summed E-state index contributed by atoms with van der Waals surface area (Å²) < 4.78 is 57.6. The molecule has 0 fully saturated rings. The molecule has 9 nitrogen and oxygen atoms in total. The number of nitrogens with one attached hydrogen (secondary N) is 2. The van der Waals surface area contributed by atoms with Crippen LogP contribution in [0, 0.1) is 11.2 Å². The Morgan fingerprint density at radius 1 is 1.39 bits per heavy atom. The first-order valence-electron chi connectivity index (χ1n) is 7.40. The molecule has 0 aliphatic rings. The maximum Gasteiger partial charge on any atom is 0.490 e. The van der Waals surface area contributed by atoms with E-state index in [0.717, 1.165) is 18.2 Å².